The molecule has 7 rings (SSSR count). The first kappa shape index (κ1) is 38.2. The largest absolute Gasteiger partial charge is 0.376 e. The van der Waals surface area contributed by atoms with Crippen molar-refractivity contribution in [3.8, 4) is 11.1 Å². The summed E-state index contributed by atoms with van der Waals surface area (Å²) in [5.41, 5.74) is 6.76. The molecule has 0 aliphatic carbocycles. The maximum Gasteiger partial charge on any atom is 0.255 e. The Labute approximate surface area is 328 Å². The average molecular weight is 767 g/mol. The van der Waals surface area contributed by atoms with Gasteiger partial charge in [0.15, 0.2) is 0 Å². The molecule has 1 unspecified atom stereocenters. The van der Waals surface area contributed by atoms with E-state index in [1.165, 1.54) is 4.90 Å². The molecular formula is C43H42N8O6. The van der Waals surface area contributed by atoms with Crippen molar-refractivity contribution >= 4 is 63.4 Å². The molecule has 4 aromatic carbocycles. The molecule has 1 fully saturated rings. The van der Waals surface area contributed by atoms with E-state index in [1.54, 1.807) is 43.6 Å². The number of fused-ring (bicyclic) bond motifs is 2. The van der Waals surface area contributed by atoms with Crippen LogP contribution in [0.25, 0.3) is 22.0 Å². The highest BCUT2D eigenvalue weighted by Gasteiger charge is 2.39. The fraction of sp³-hybridized carbons (Fsp3) is 0.233. The minimum Gasteiger partial charge on any atom is -0.376 e. The molecule has 1 aromatic heterocycles. The molecule has 6 amide bonds. The SMILES string of the molecule is CNC(=O)c1cnc2ccc(-c3ccc(C(=O)NCCCCNC(=O)CNc4cccc5c4CN(C4CCC(=O)NC4=O)C5=O)cc3)cc2c1Nc1ccccc1. The van der Waals surface area contributed by atoms with Gasteiger partial charge in [0.25, 0.3) is 17.7 Å². The third-order valence-electron chi connectivity index (χ3n) is 10.1. The Bertz CT molecular complexity index is 2370. The molecule has 6 N–H and O–H groups in total. The van der Waals surface area contributed by atoms with E-state index in [0.717, 1.165) is 27.7 Å². The topological polar surface area (TPSA) is 191 Å². The standard InChI is InChI=1S/C43H42N8O6/c1-44-41(55)32-23-47-35-17-16-28(22-31(35)39(32)49-29-8-3-2-4-9-29)26-12-14-27(15-13-26)40(54)46-21-6-5-20-45-38(53)24-48-34-11-7-10-30-33(34)25-51(43(30)57)36-18-19-37(52)50-42(36)56/h2-4,7-17,22-23,36,48H,5-6,18-21,24-25H2,1H3,(H,44,55)(H,45,53)(H,46,54)(H,47,49)(H,50,52,56). The second-order valence-electron chi connectivity index (χ2n) is 13.8. The number of carbonyl (C=O) groups is 6. The summed E-state index contributed by atoms with van der Waals surface area (Å²) >= 11 is 0. The predicted octanol–water partition coefficient (Wildman–Crippen LogP) is 4.50. The quantitative estimate of drug-likeness (QED) is 0.0698. The number of rotatable bonds is 14. The number of hydrogen-bond acceptors (Lipinski definition) is 9. The first-order valence-electron chi connectivity index (χ1n) is 18.8. The third-order valence-corrected chi connectivity index (χ3v) is 10.1. The van der Waals surface area contributed by atoms with Crippen LogP contribution in [-0.4, -0.2) is 78.1 Å². The monoisotopic (exact) mass is 766 g/mol. The number of nitrogens with one attached hydrogen (secondary N) is 6. The molecule has 0 saturated carbocycles. The van der Waals surface area contributed by atoms with Crippen molar-refractivity contribution in [2.24, 2.45) is 0 Å². The maximum atomic E-state index is 13.1. The van der Waals surface area contributed by atoms with Gasteiger partial charge in [-0.05, 0) is 78.9 Å². The van der Waals surface area contributed by atoms with Crippen molar-refractivity contribution in [1.82, 2.24) is 31.2 Å². The number of pyridine rings is 1. The first-order valence-corrected chi connectivity index (χ1v) is 18.8. The van der Waals surface area contributed by atoms with Crippen LogP contribution in [0, 0.1) is 0 Å². The van der Waals surface area contributed by atoms with Crippen LogP contribution < -0.4 is 31.9 Å². The summed E-state index contributed by atoms with van der Waals surface area (Å²) in [7, 11) is 1.58. The van der Waals surface area contributed by atoms with E-state index in [4.69, 9.17) is 0 Å². The van der Waals surface area contributed by atoms with Crippen LogP contribution in [0.2, 0.25) is 0 Å². The molecule has 0 bridgehead atoms. The van der Waals surface area contributed by atoms with Crippen LogP contribution in [-0.2, 0) is 20.9 Å². The normalized spacial score (nSPS) is 14.8. The molecule has 290 valence electrons. The maximum absolute atomic E-state index is 13.1. The van der Waals surface area contributed by atoms with Gasteiger partial charge in [0.2, 0.25) is 17.7 Å². The molecule has 2 aliphatic rings. The Kier molecular flexibility index (Phi) is 11.5. The van der Waals surface area contributed by atoms with E-state index in [0.29, 0.717) is 59.6 Å². The van der Waals surface area contributed by atoms with Gasteiger partial charge in [-0.1, -0.05) is 42.5 Å². The Morgan fingerprint density at radius 3 is 2.35 bits per heavy atom. The fourth-order valence-corrected chi connectivity index (χ4v) is 7.06. The van der Waals surface area contributed by atoms with E-state index in [1.807, 2.05) is 60.7 Å². The number of nitrogens with zero attached hydrogens (tertiary/aromatic N) is 2. The highest BCUT2D eigenvalue weighted by atomic mass is 16.2. The summed E-state index contributed by atoms with van der Waals surface area (Å²) in [4.78, 5) is 81.3. The zero-order valence-corrected chi connectivity index (χ0v) is 31.3. The molecule has 14 nitrogen and oxygen atoms in total. The molecule has 57 heavy (non-hydrogen) atoms. The second kappa shape index (κ2) is 17.1. The van der Waals surface area contributed by atoms with Crippen molar-refractivity contribution in [1.29, 1.82) is 0 Å². The lowest BCUT2D eigenvalue weighted by atomic mass is 9.99. The number of para-hydroxylation sites is 1. The van der Waals surface area contributed by atoms with Gasteiger partial charge in [0.05, 0.1) is 23.3 Å². The summed E-state index contributed by atoms with van der Waals surface area (Å²) in [5.74, 6) is -1.77. The van der Waals surface area contributed by atoms with Crippen molar-refractivity contribution in [2.45, 2.75) is 38.3 Å². The number of benzene rings is 4. The fourth-order valence-electron chi connectivity index (χ4n) is 7.06. The molecule has 1 atom stereocenters. The zero-order valence-electron chi connectivity index (χ0n) is 31.3. The smallest absolute Gasteiger partial charge is 0.255 e. The molecule has 1 saturated heterocycles. The van der Waals surface area contributed by atoms with Crippen molar-refractivity contribution in [2.75, 3.05) is 37.3 Å². The number of unbranched alkanes of at least 4 members (excludes halogenated alkanes) is 1. The van der Waals surface area contributed by atoms with Crippen LogP contribution in [0.1, 0.15) is 62.3 Å². The predicted molar refractivity (Wildman–Crippen MR) is 216 cm³/mol. The molecule has 0 radical (unpaired) electrons. The lowest BCUT2D eigenvalue weighted by molar-refractivity contribution is -0.137. The number of aromatic nitrogens is 1. The third kappa shape index (κ3) is 8.59. The van der Waals surface area contributed by atoms with E-state index in [9.17, 15) is 28.8 Å². The molecule has 14 heteroatoms. The van der Waals surface area contributed by atoms with Crippen LogP contribution in [0.3, 0.4) is 0 Å². The summed E-state index contributed by atoms with van der Waals surface area (Å²) < 4.78 is 0. The second-order valence-corrected chi connectivity index (χ2v) is 13.8. The van der Waals surface area contributed by atoms with Gasteiger partial charge in [-0.3, -0.25) is 39.1 Å². The van der Waals surface area contributed by atoms with Crippen LogP contribution in [0.5, 0.6) is 0 Å². The molecule has 2 aliphatic heterocycles. The van der Waals surface area contributed by atoms with Gasteiger partial charge >= 0.3 is 0 Å². The van der Waals surface area contributed by atoms with E-state index < -0.39 is 11.9 Å². The number of amides is 6. The minimum atomic E-state index is -0.714. The zero-order chi connectivity index (χ0) is 39.9. The minimum absolute atomic E-state index is 0.00528. The molecule has 3 heterocycles. The van der Waals surface area contributed by atoms with E-state index in [-0.39, 0.29) is 55.5 Å². The molecule has 0 spiro atoms. The van der Waals surface area contributed by atoms with Crippen LogP contribution in [0.4, 0.5) is 17.1 Å². The van der Waals surface area contributed by atoms with Gasteiger partial charge in [0.1, 0.15) is 6.04 Å². The Morgan fingerprint density at radius 1 is 0.842 bits per heavy atom. The Morgan fingerprint density at radius 2 is 1.60 bits per heavy atom. The number of imide groups is 1. The van der Waals surface area contributed by atoms with Gasteiger partial charge in [-0.25, -0.2) is 0 Å². The molecule has 5 aromatic rings. The number of anilines is 3. The van der Waals surface area contributed by atoms with Gasteiger partial charge in [0, 0.05) is 72.8 Å². The molecular weight excluding hydrogens is 725 g/mol. The van der Waals surface area contributed by atoms with Crippen molar-refractivity contribution in [3.63, 3.8) is 0 Å². The van der Waals surface area contributed by atoms with Gasteiger partial charge in [-0.15, -0.1) is 0 Å². The highest BCUT2D eigenvalue weighted by Crippen LogP contribution is 2.34. The number of piperidine rings is 1. The summed E-state index contributed by atoms with van der Waals surface area (Å²) in [6.45, 7) is 1.06. The summed E-state index contributed by atoms with van der Waals surface area (Å²) in [6, 6.07) is 27.3. The average Bonchev–Trinajstić information content (AvgIpc) is 3.57. The van der Waals surface area contributed by atoms with Gasteiger partial charge < -0.3 is 31.5 Å². The van der Waals surface area contributed by atoms with Crippen molar-refractivity contribution < 1.29 is 28.8 Å². The summed E-state index contributed by atoms with van der Waals surface area (Å²) in [6.07, 6.45) is 3.33. The Hall–Kier alpha value is -7.09. The van der Waals surface area contributed by atoms with E-state index in [2.05, 4.69) is 36.9 Å². The number of hydrogen-bond donors (Lipinski definition) is 6. The van der Waals surface area contributed by atoms with Crippen molar-refractivity contribution in [3.05, 3.63) is 119 Å². The van der Waals surface area contributed by atoms with E-state index >= 15 is 0 Å². The van der Waals surface area contributed by atoms with Crippen LogP contribution in [0.15, 0.2) is 97.2 Å². The number of carbonyl (C=O) groups excluding carboxylic acids is 6. The first-order chi connectivity index (χ1) is 27.7. The van der Waals surface area contributed by atoms with Crippen LogP contribution >= 0.6 is 0 Å². The lowest BCUT2D eigenvalue weighted by Gasteiger charge is -2.29. The lowest BCUT2D eigenvalue weighted by Crippen LogP contribution is -2.52. The van der Waals surface area contributed by atoms with Gasteiger partial charge in [-0.2, -0.15) is 0 Å². The highest BCUT2D eigenvalue weighted by molar-refractivity contribution is 6.09. The Balaban J connectivity index is 0.870. The summed E-state index contributed by atoms with van der Waals surface area (Å²) in [5, 5.41) is 18.1.